The van der Waals surface area contributed by atoms with Crippen molar-refractivity contribution in [1.29, 1.82) is 0 Å². The molecule has 0 saturated carbocycles. The van der Waals surface area contributed by atoms with Gasteiger partial charge >= 0.3 is 12.1 Å². The van der Waals surface area contributed by atoms with Crippen molar-refractivity contribution in [3.63, 3.8) is 0 Å². The van der Waals surface area contributed by atoms with Gasteiger partial charge in [-0.15, -0.1) is 10.2 Å². The van der Waals surface area contributed by atoms with Crippen LogP contribution in [0, 0.1) is 0 Å². The van der Waals surface area contributed by atoms with Crippen LogP contribution in [0.25, 0.3) is 0 Å². The molecule has 1 aliphatic heterocycles. The summed E-state index contributed by atoms with van der Waals surface area (Å²) in [6, 6.07) is 7.61. The summed E-state index contributed by atoms with van der Waals surface area (Å²) in [7, 11) is 0. The van der Waals surface area contributed by atoms with E-state index < -0.39 is 12.1 Å². The van der Waals surface area contributed by atoms with Crippen LogP contribution in [0.1, 0.15) is 55.9 Å². The van der Waals surface area contributed by atoms with E-state index in [-0.39, 0.29) is 24.3 Å². The first-order valence-corrected chi connectivity index (χ1v) is 9.15. The van der Waals surface area contributed by atoms with Gasteiger partial charge in [-0.1, -0.05) is 26.0 Å². The maximum Gasteiger partial charge on any atom is 0.470 e. The van der Waals surface area contributed by atoms with Gasteiger partial charge in [-0.3, -0.25) is 4.79 Å². The van der Waals surface area contributed by atoms with Gasteiger partial charge in [-0.25, -0.2) is 0 Å². The van der Waals surface area contributed by atoms with E-state index in [1.165, 1.54) is 5.56 Å². The van der Waals surface area contributed by atoms with Gasteiger partial charge in [0.05, 0.1) is 0 Å². The summed E-state index contributed by atoms with van der Waals surface area (Å²) < 4.78 is 48.0. The number of aromatic nitrogens is 2. The molecule has 3 rings (SSSR count). The van der Waals surface area contributed by atoms with E-state index in [4.69, 9.17) is 9.15 Å². The van der Waals surface area contributed by atoms with Gasteiger partial charge in [-0.05, 0) is 36.5 Å². The number of ether oxygens (including phenoxy) is 1. The first-order valence-electron chi connectivity index (χ1n) is 9.15. The third kappa shape index (κ3) is 4.82. The number of hydrogen-bond donors (Lipinski definition) is 0. The number of amides is 1. The average molecular weight is 397 g/mol. The lowest BCUT2D eigenvalue weighted by molar-refractivity contribution is -0.157. The molecule has 9 heteroatoms. The molecule has 152 valence electrons. The SMILES string of the molecule is CC(C)c1ccc(OCC(=O)N2CCC(c3nnc(C(F)(F)F)o3)CC2)cc1. The molecule has 1 fully saturated rings. The fourth-order valence-corrected chi connectivity index (χ4v) is 3.08. The number of rotatable bonds is 5. The average Bonchev–Trinajstić information content (AvgIpc) is 3.17. The molecule has 0 aliphatic carbocycles. The van der Waals surface area contributed by atoms with Crippen LogP contribution in [0.5, 0.6) is 5.75 Å². The Morgan fingerprint density at radius 3 is 2.39 bits per heavy atom. The smallest absolute Gasteiger partial charge is 0.470 e. The maximum absolute atomic E-state index is 12.6. The molecular weight excluding hydrogens is 375 g/mol. The molecule has 0 bridgehead atoms. The Labute approximate surface area is 160 Å². The number of carbonyl (C=O) groups is 1. The lowest BCUT2D eigenvalue weighted by atomic mass is 9.97. The quantitative estimate of drug-likeness (QED) is 0.763. The molecule has 0 spiro atoms. The van der Waals surface area contributed by atoms with Crippen molar-refractivity contribution >= 4 is 5.91 Å². The second kappa shape index (κ2) is 8.20. The van der Waals surface area contributed by atoms with Crippen molar-refractivity contribution in [3.8, 4) is 5.75 Å². The molecule has 0 atom stereocenters. The summed E-state index contributed by atoms with van der Waals surface area (Å²) in [4.78, 5) is 14.0. The summed E-state index contributed by atoms with van der Waals surface area (Å²) in [5, 5.41) is 6.56. The molecule has 1 aliphatic rings. The van der Waals surface area contributed by atoms with E-state index in [2.05, 4.69) is 24.0 Å². The molecular formula is C19H22F3N3O3. The number of piperidine rings is 1. The molecule has 0 radical (unpaired) electrons. The van der Waals surface area contributed by atoms with E-state index in [0.29, 0.717) is 37.6 Å². The maximum atomic E-state index is 12.6. The first-order chi connectivity index (χ1) is 13.2. The number of likely N-dealkylation sites (tertiary alicyclic amines) is 1. The summed E-state index contributed by atoms with van der Waals surface area (Å²) in [6.45, 7) is 4.93. The Kier molecular flexibility index (Phi) is 5.90. The summed E-state index contributed by atoms with van der Waals surface area (Å²) in [6.07, 6.45) is -3.71. The molecule has 1 aromatic heterocycles. The van der Waals surface area contributed by atoms with Crippen molar-refractivity contribution in [2.24, 2.45) is 0 Å². The first kappa shape index (κ1) is 20.2. The third-order valence-corrected chi connectivity index (χ3v) is 4.79. The summed E-state index contributed by atoms with van der Waals surface area (Å²) in [5.41, 5.74) is 1.19. The van der Waals surface area contributed by atoms with Gasteiger partial charge in [0.2, 0.25) is 5.89 Å². The van der Waals surface area contributed by atoms with Crippen molar-refractivity contribution in [1.82, 2.24) is 15.1 Å². The molecule has 28 heavy (non-hydrogen) atoms. The number of benzene rings is 1. The van der Waals surface area contributed by atoms with Gasteiger partial charge < -0.3 is 14.1 Å². The van der Waals surface area contributed by atoms with Crippen molar-refractivity contribution in [2.45, 2.75) is 44.7 Å². The fourth-order valence-electron chi connectivity index (χ4n) is 3.08. The van der Waals surface area contributed by atoms with E-state index in [1.807, 2.05) is 24.3 Å². The Balaban J connectivity index is 1.47. The van der Waals surface area contributed by atoms with Crippen molar-refractivity contribution in [2.75, 3.05) is 19.7 Å². The number of nitrogens with zero attached hydrogens (tertiary/aromatic N) is 3. The van der Waals surface area contributed by atoms with Gasteiger partial charge in [0, 0.05) is 19.0 Å². The summed E-state index contributed by atoms with van der Waals surface area (Å²) >= 11 is 0. The Morgan fingerprint density at radius 2 is 1.86 bits per heavy atom. The van der Waals surface area contributed by atoms with Crippen LogP contribution < -0.4 is 4.74 Å². The Morgan fingerprint density at radius 1 is 1.21 bits per heavy atom. The van der Waals surface area contributed by atoms with Gasteiger partial charge in [-0.2, -0.15) is 13.2 Å². The van der Waals surface area contributed by atoms with Crippen LogP contribution >= 0.6 is 0 Å². The number of hydrogen-bond acceptors (Lipinski definition) is 5. The van der Waals surface area contributed by atoms with E-state index in [1.54, 1.807) is 4.90 Å². The highest BCUT2D eigenvalue weighted by molar-refractivity contribution is 5.77. The lowest BCUT2D eigenvalue weighted by Gasteiger charge is -2.30. The van der Waals surface area contributed by atoms with E-state index >= 15 is 0 Å². The molecule has 6 nitrogen and oxygen atoms in total. The lowest BCUT2D eigenvalue weighted by Crippen LogP contribution is -2.40. The minimum absolute atomic E-state index is 0.0269. The third-order valence-electron chi connectivity index (χ3n) is 4.79. The predicted molar refractivity (Wildman–Crippen MR) is 93.9 cm³/mol. The van der Waals surface area contributed by atoms with Crippen LogP contribution in [0.3, 0.4) is 0 Å². The topological polar surface area (TPSA) is 68.5 Å². The second-order valence-corrected chi connectivity index (χ2v) is 7.11. The van der Waals surface area contributed by atoms with Gasteiger partial charge in [0.15, 0.2) is 6.61 Å². The number of alkyl halides is 3. The number of carbonyl (C=O) groups excluding carboxylic acids is 1. The fraction of sp³-hybridized carbons (Fsp3) is 0.526. The standard InChI is InChI=1S/C19H22F3N3O3/c1-12(2)13-3-5-15(6-4-13)27-11-16(26)25-9-7-14(8-10-25)17-23-24-18(28-17)19(20,21)22/h3-6,12,14H,7-11H2,1-2H3. The van der Waals surface area contributed by atoms with E-state index in [9.17, 15) is 18.0 Å². The van der Waals surface area contributed by atoms with Crippen LogP contribution in [-0.4, -0.2) is 40.7 Å². The number of halogens is 3. The van der Waals surface area contributed by atoms with Gasteiger partial charge in [0.1, 0.15) is 5.75 Å². The van der Waals surface area contributed by atoms with Gasteiger partial charge in [0.25, 0.3) is 5.91 Å². The normalized spacial score (nSPS) is 15.9. The van der Waals surface area contributed by atoms with Crippen LogP contribution in [0.15, 0.2) is 28.7 Å². The molecule has 2 aromatic rings. The molecule has 0 N–H and O–H groups in total. The molecule has 1 aromatic carbocycles. The highest BCUT2D eigenvalue weighted by Gasteiger charge is 2.39. The second-order valence-electron chi connectivity index (χ2n) is 7.11. The molecule has 1 amide bonds. The van der Waals surface area contributed by atoms with Crippen molar-refractivity contribution in [3.05, 3.63) is 41.6 Å². The Bertz CT molecular complexity index is 795. The zero-order valence-electron chi connectivity index (χ0n) is 15.7. The minimum atomic E-state index is -4.65. The van der Waals surface area contributed by atoms with Crippen LogP contribution in [0.2, 0.25) is 0 Å². The largest absolute Gasteiger partial charge is 0.484 e. The predicted octanol–water partition coefficient (Wildman–Crippen LogP) is 4.00. The highest BCUT2D eigenvalue weighted by Crippen LogP contribution is 2.32. The zero-order valence-corrected chi connectivity index (χ0v) is 15.7. The monoisotopic (exact) mass is 397 g/mol. The summed E-state index contributed by atoms with van der Waals surface area (Å²) in [5.74, 6) is -0.759. The van der Waals surface area contributed by atoms with Crippen molar-refractivity contribution < 1.29 is 27.1 Å². The highest BCUT2D eigenvalue weighted by atomic mass is 19.4. The van der Waals surface area contributed by atoms with E-state index in [0.717, 1.165) is 0 Å². The molecule has 2 heterocycles. The zero-order chi connectivity index (χ0) is 20.3. The van der Waals surface area contributed by atoms with Crippen LogP contribution in [-0.2, 0) is 11.0 Å². The van der Waals surface area contributed by atoms with Crippen LogP contribution in [0.4, 0.5) is 13.2 Å². The Hall–Kier alpha value is -2.58. The minimum Gasteiger partial charge on any atom is -0.484 e. The molecule has 0 unspecified atom stereocenters. The molecule has 1 saturated heterocycles.